The molecule has 0 heterocycles. The Morgan fingerprint density at radius 3 is 2.17 bits per heavy atom. The van der Waals surface area contributed by atoms with Crippen molar-refractivity contribution in [2.24, 2.45) is 0 Å². The topological polar surface area (TPSA) is 86.7 Å². The summed E-state index contributed by atoms with van der Waals surface area (Å²) in [5.41, 5.74) is 0. The van der Waals surface area contributed by atoms with E-state index in [1.807, 2.05) is 0 Å². The van der Waals surface area contributed by atoms with E-state index in [0.717, 1.165) is 6.92 Å². The van der Waals surface area contributed by atoms with Crippen molar-refractivity contribution >= 4 is 35.0 Å². The first-order valence-corrected chi connectivity index (χ1v) is 4.62. The number of thiol groups is 1. The van der Waals surface area contributed by atoms with E-state index in [-0.39, 0.29) is 0 Å². The van der Waals surface area contributed by atoms with E-state index in [9.17, 15) is 18.0 Å². The second-order valence-electron chi connectivity index (χ2n) is 1.60. The van der Waals surface area contributed by atoms with Gasteiger partial charge in [-0.3, -0.25) is 4.79 Å². The quantitative estimate of drug-likeness (QED) is 0.623. The fourth-order valence-corrected chi connectivity index (χ4v) is 1.06. The molecule has 0 N–H and O–H groups in total. The lowest BCUT2D eigenvalue weighted by atomic mass is 10.8. The average molecular weight is 214 g/mol. The number of hydrogen-bond acceptors (Lipinski definition) is 7. The van der Waals surface area contributed by atoms with Crippen molar-refractivity contribution in [3.05, 3.63) is 0 Å². The molecule has 0 unspecified atom stereocenters. The minimum absolute atomic E-state index is 0.416. The number of carbonyl (C=O) groups excluding carboxylic acids is 2. The van der Waals surface area contributed by atoms with Gasteiger partial charge in [0.1, 0.15) is 0 Å². The summed E-state index contributed by atoms with van der Waals surface area (Å²) in [6.45, 7) is 0.867. The Bertz CT molecular complexity index is 278. The maximum atomic E-state index is 10.5. The second-order valence-corrected chi connectivity index (χ2v) is 3.06. The molecule has 0 radical (unpaired) electrons. The average Bonchev–Trinajstić information content (AvgIpc) is 1.83. The van der Waals surface area contributed by atoms with E-state index in [4.69, 9.17) is 0 Å². The highest BCUT2D eigenvalue weighted by molar-refractivity contribution is 7.83. The van der Waals surface area contributed by atoms with Crippen LogP contribution in [0.25, 0.3) is 0 Å². The minimum atomic E-state index is -4.54. The van der Waals surface area contributed by atoms with Gasteiger partial charge in [-0.2, -0.15) is 12.6 Å². The van der Waals surface area contributed by atoms with Gasteiger partial charge in [0.25, 0.3) is 0 Å². The largest absolute Gasteiger partial charge is 0.506 e. The highest BCUT2D eigenvalue weighted by Gasteiger charge is 2.19. The van der Waals surface area contributed by atoms with Crippen LogP contribution in [0.1, 0.15) is 6.92 Å². The van der Waals surface area contributed by atoms with Gasteiger partial charge in [-0.1, -0.05) is 0 Å². The minimum Gasteiger partial charge on any atom is -0.316 e. The molecule has 0 spiro atoms. The van der Waals surface area contributed by atoms with Crippen LogP contribution in [0.2, 0.25) is 0 Å². The first kappa shape index (κ1) is 11.2. The molecule has 0 amide bonds. The van der Waals surface area contributed by atoms with Crippen LogP contribution in [0.4, 0.5) is 0 Å². The van der Waals surface area contributed by atoms with Crippen molar-refractivity contribution in [3.63, 3.8) is 0 Å². The molecule has 0 aromatic rings. The molecule has 0 saturated carbocycles. The SMILES string of the molecule is CC(=O)OS(=O)(=O)OC(=O)CS. The third-order valence-corrected chi connectivity index (χ3v) is 1.63. The molecule has 0 bridgehead atoms. The van der Waals surface area contributed by atoms with Gasteiger partial charge in [-0.15, -0.1) is 8.42 Å². The standard InChI is InChI=1S/C4H6O6S2/c1-3(5)9-12(7,8)10-4(6)2-11/h11H,2H2,1H3. The van der Waals surface area contributed by atoms with Crippen molar-refractivity contribution < 1.29 is 26.4 Å². The molecule has 6 nitrogen and oxygen atoms in total. The first-order valence-electron chi connectivity index (χ1n) is 2.65. The Labute approximate surface area is 74.6 Å². The fourth-order valence-electron chi connectivity index (χ4n) is 0.301. The zero-order valence-corrected chi connectivity index (χ0v) is 7.72. The maximum absolute atomic E-state index is 10.5. The number of carbonyl (C=O) groups is 2. The van der Waals surface area contributed by atoms with E-state index in [1.54, 1.807) is 0 Å². The van der Waals surface area contributed by atoms with Gasteiger partial charge < -0.3 is 8.37 Å². The van der Waals surface area contributed by atoms with Crippen molar-refractivity contribution in [1.29, 1.82) is 0 Å². The molecular weight excluding hydrogens is 208 g/mol. The summed E-state index contributed by atoms with van der Waals surface area (Å²) in [4.78, 5) is 20.5. The van der Waals surface area contributed by atoms with Crippen molar-refractivity contribution in [3.8, 4) is 0 Å². The molecule has 0 aromatic carbocycles. The molecule has 0 fully saturated rings. The van der Waals surface area contributed by atoms with Crippen molar-refractivity contribution in [1.82, 2.24) is 0 Å². The zero-order valence-electron chi connectivity index (χ0n) is 6.01. The van der Waals surface area contributed by atoms with E-state index < -0.39 is 28.1 Å². The third-order valence-electron chi connectivity index (χ3n) is 0.544. The van der Waals surface area contributed by atoms with Gasteiger partial charge in [0, 0.05) is 6.92 Å². The van der Waals surface area contributed by atoms with E-state index >= 15 is 0 Å². The Kier molecular flexibility index (Phi) is 4.04. The molecule has 0 aliphatic carbocycles. The normalized spacial score (nSPS) is 10.5. The smallest absolute Gasteiger partial charge is 0.316 e. The van der Waals surface area contributed by atoms with Gasteiger partial charge in [-0.05, 0) is 0 Å². The summed E-state index contributed by atoms with van der Waals surface area (Å²) >= 11 is 3.44. The van der Waals surface area contributed by atoms with E-state index in [0.29, 0.717) is 0 Å². The Morgan fingerprint density at radius 2 is 1.83 bits per heavy atom. The van der Waals surface area contributed by atoms with Gasteiger partial charge >= 0.3 is 22.3 Å². The molecule has 70 valence electrons. The van der Waals surface area contributed by atoms with Crippen LogP contribution in [0, 0.1) is 0 Å². The fraction of sp³-hybridized carbons (Fsp3) is 0.500. The Morgan fingerprint density at radius 1 is 1.33 bits per heavy atom. The van der Waals surface area contributed by atoms with Gasteiger partial charge in [-0.25, -0.2) is 4.79 Å². The van der Waals surface area contributed by atoms with E-state index in [2.05, 4.69) is 21.0 Å². The van der Waals surface area contributed by atoms with Gasteiger partial charge in [0.2, 0.25) is 0 Å². The first-order chi connectivity index (χ1) is 5.37. The number of hydrogen-bond donors (Lipinski definition) is 1. The molecule has 0 aliphatic rings. The predicted octanol–water partition coefficient (Wildman–Crippen LogP) is -0.733. The summed E-state index contributed by atoms with van der Waals surface area (Å²) < 4.78 is 28.4. The molecular formula is C4H6O6S2. The predicted molar refractivity (Wildman–Crippen MR) is 40.6 cm³/mol. The van der Waals surface area contributed by atoms with Crippen LogP contribution in [0.15, 0.2) is 0 Å². The van der Waals surface area contributed by atoms with E-state index in [1.165, 1.54) is 0 Å². The molecule has 0 atom stereocenters. The van der Waals surface area contributed by atoms with Crippen LogP contribution >= 0.6 is 12.6 Å². The summed E-state index contributed by atoms with van der Waals surface area (Å²) in [7, 11) is -4.54. The molecule has 12 heavy (non-hydrogen) atoms. The van der Waals surface area contributed by atoms with Crippen LogP contribution in [0.5, 0.6) is 0 Å². The number of rotatable bonds is 3. The Balaban J connectivity index is 4.25. The molecule has 0 aromatic heterocycles. The third kappa shape index (κ3) is 4.97. The summed E-state index contributed by atoms with van der Waals surface area (Å²) in [5.74, 6) is -2.61. The lowest BCUT2D eigenvalue weighted by Crippen LogP contribution is -2.18. The molecule has 0 aliphatic heterocycles. The van der Waals surface area contributed by atoms with Crippen molar-refractivity contribution in [2.45, 2.75) is 6.92 Å². The maximum Gasteiger partial charge on any atom is 0.506 e. The van der Waals surface area contributed by atoms with Crippen LogP contribution < -0.4 is 0 Å². The highest BCUT2D eigenvalue weighted by Crippen LogP contribution is 1.97. The second kappa shape index (κ2) is 4.31. The molecule has 0 saturated heterocycles. The monoisotopic (exact) mass is 214 g/mol. The van der Waals surface area contributed by atoms with Crippen LogP contribution in [-0.4, -0.2) is 26.1 Å². The van der Waals surface area contributed by atoms with Crippen LogP contribution in [-0.2, 0) is 28.4 Å². The van der Waals surface area contributed by atoms with Gasteiger partial charge in [0.15, 0.2) is 0 Å². The molecule has 8 heteroatoms. The lowest BCUT2D eigenvalue weighted by Gasteiger charge is -2.00. The summed E-state index contributed by atoms with van der Waals surface area (Å²) in [6.07, 6.45) is 0. The highest BCUT2D eigenvalue weighted by atomic mass is 32.3. The zero-order chi connectivity index (χ0) is 9.78. The van der Waals surface area contributed by atoms with Crippen molar-refractivity contribution in [2.75, 3.05) is 5.75 Å². The summed E-state index contributed by atoms with van der Waals surface area (Å²) in [6, 6.07) is 0. The lowest BCUT2D eigenvalue weighted by molar-refractivity contribution is -0.134. The summed E-state index contributed by atoms with van der Waals surface area (Å²) in [5, 5.41) is 0. The molecule has 0 rings (SSSR count). The van der Waals surface area contributed by atoms with Crippen LogP contribution in [0.3, 0.4) is 0 Å². The Hall–Kier alpha value is -0.760. The van der Waals surface area contributed by atoms with Gasteiger partial charge in [0.05, 0.1) is 5.75 Å².